The maximum Gasteiger partial charge on any atom is 0.244 e. The number of halogens is 1. The summed E-state index contributed by atoms with van der Waals surface area (Å²) < 4.78 is 1.03. The summed E-state index contributed by atoms with van der Waals surface area (Å²) in [5.74, 6) is -0.0679. The van der Waals surface area contributed by atoms with Crippen LogP contribution in [0.15, 0.2) is 24.3 Å². The molecule has 0 atom stereocenters. The molecule has 4 heteroatoms. The van der Waals surface area contributed by atoms with E-state index in [0.717, 1.165) is 22.1 Å². The monoisotopic (exact) mass is 302 g/mol. The van der Waals surface area contributed by atoms with Gasteiger partial charge in [0, 0.05) is 3.57 Å². The minimum absolute atomic E-state index is 0.0679. The fraction of sp³-hybridized carbons (Fsp3) is 0.300. The first-order valence-corrected chi connectivity index (χ1v) is 5.54. The molecule has 74 valence electrons. The number of anilines is 1. The molecular weight excluding hydrogens is 291 g/mol. The van der Waals surface area contributed by atoms with Crippen LogP contribution in [-0.4, -0.2) is 11.4 Å². The number of nitrogens with two attached hydrogens (primary N) is 1. The van der Waals surface area contributed by atoms with E-state index in [2.05, 4.69) is 27.9 Å². The Morgan fingerprint density at radius 2 is 2.07 bits per heavy atom. The Morgan fingerprint density at radius 1 is 1.43 bits per heavy atom. The Labute approximate surface area is 96.2 Å². The number of nitrogens with one attached hydrogen (secondary N) is 1. The summed E-state index contributed by atoms with van der Waals surface area (Å²) in [5, 5.41) is 2.84. The molecule has 3 N–H and O–H groups in total. The molecule has 0 radical (unpaired) electrons. The first-order valence-electron chi connectivity index (χ1n) is 4.47. The van der Waals surface area contributed by atoms with Crippen molar-refractivity contribution in [3.63, 3.8) is 0 Å². The van der Waals surface area contributed by atoms with Crippen LogP contribution in [0.1, 0.15) is 12.8 Å². The number of carbonyl (C=O) groups is 1. The lowest BCUT2D eigenvalue weighted by molar-refractivity contribution is -0.118. The third-order valence-electron chi connectivity index (χ3n) is 2.36. The molecule has 0 heterocycles. The average Bonchev–Trinajstić information content (AvgIpc) is 2.89. The van der Waals surface area contributed by atoms with Crippen molar-refractivity contribution in [3.05, 3.63) is 27.8 Å². The fourth-order valence-corrected chi connectivity index (χ4v) is 1.69. The molecule has 1 aromatic carbocycles. The average molecular weight is 302 g/mol. The van der Waals surface area contributed by atoms with E-state index in [9.17, 15) is 4.79 Å². The molecule has 0 aromatic heterocycles. The SMILES string of the molecule is NC1(C(=O)Nc2ccccc2I)CC1. The van der Waals surface area contributed by atoms with Crippen molar-refractivity contribution in [2.45, 2.75) is 18.4 Å². The molecule has 0 bridgehead atoms. The second-order valence-corrected chi connectivity index (χ2v) is 4.75. The van der Waals surface area contributed by atoms with Crippen LogP contribution in [0.2, 0.25) is 0 Å². The van der Waals surface area contributed by atoms with E-state index in [1.54, 1.807) is 0 Å². The highest BCUT2D eigenvalue weighted by molar-refractivity contribution is 14.1. The summed E-state index contributed by atoms with van der Waals surface area (Å²) in [4.78, 5) is 11.6. The number of amides is 1. The van der Waals surface area contributed by atoms with E-state index >= 15 is 0 Å². The topological polar surface area (TPSA) is 55.1 Å². The maximum absolute atomic E-state index is 11.6. The van der Waals surface area contributed by atoms with E-state index in [-0.39, 0.29) is 5.91 Å². The zero-order valence-corrected chi connectivity index (χ0v) is 9.74. The Morgan fingerprint density at radius 3 is 2.64 bits per heavy atom. The Kier molecular flexibility index (Phi) is 2.48. The minimum atomic E-state index is -0.598. The van der Waals surface area contributed by atoms with E-state index in [1.807, 2.05) is 24.3 Å². The van der Waals surface area contributed by atoms with E-state index in [4.69, 9.17) is 5.73 Å². The fourth-order valence-electron chi connectivity index (χ4n) is 1.17. The van der Waals surface area contributed by atoms with Gasteiger partial charge in [0.05, 0.1) is 11.2 Å². The van der Waals surface area contributed by atoms with Crippen LogP contribution in [0, 0.1) is 3.57 Å². The van der Waals surface area contributed by atoms with Crippen LogP contribution in [0.25, 0.3) is 0 Å². The largest absolute Gasteiger partial charge is 0.324 e. The maximum atomic E-state index is 11.6. The molecule has 0 aliphatic heterocycles. The Hall–Kier alpha value is -0.620. The van der Waals surface area contributed by atoms with Crippen molar-refractivity contribution in [3.8, 4) is 0 Å². The van der Waals surface area contributed by atoms with Crippen molar-refractivity contribution in [1.29, 1.82) is 0 Å². The second kappa shape index (κ2) is 3.51. The predicted molar refractivity (Wildman–Crippen MR) is 63.9 cm³/mol. The van der Waals surface area contributed by atoms with Crippen molar-refractivity contribution in [2.75, 3.05) is 5.32 Å². The molecule has 1 aliphatic rings. The number of rotatable bonds is 2. The quantitative estimate of drug-likeness (QED) is 0.817. The zero-order chi connectivity index (χ0) is 10.2. The van der Waals surface area contributed by atoms with Crippen molar-refractivity contribution < 1.29 is 4.79 Å². The van der Waals surface area contributed by atoms with Crippen LogP contribution >= 0.6 is 22.6 Å². The van der Waals surface area contributed by atoms with Gasteiger partial charge in [-0.3, -0.25) is 4.79 Å². The van der Waals surface area contributed by atoms with Gasteiger partial charge >= 0.3 is 0 Å². The molecule has 14 heavy (non-hydrogen) atoms. The van der Waals surface area contributed by atoms with Gasteiger partial charge in [-0.2, -0.15) is 0 Å². The summed E-state index contributed by atoms with van der Waals surface area (Å²) in [6.45, 7) is 0. The summed E-state index contributed by atoms with van der Waals surface area (Å²) in [7, 11) is 0. The Balaban J connectivity index is 2.11. The molecule has 1 aliphatic carbocycles. The molecule has 1 amide bonds. The minimum Gasteiger partial charge on any atom is -0.324 e. The number of para-hydroxylation sites is 1. The van der Waals surface area contributed by atoms with Crippen molar-refractivity contribution >= 4 is 34.2 Å². The van der Waals surface area contributed by atoms with Gasteiger partial charge < -0.3 is 11.1 Å². The molecule has 0 saturated heterocycles. The highest BCUT2D eigenvalue weighted by Crippen LogP contribution is 2.33. The second-order valence-electron chi connectivity index (χ2n) is 3.59. The summed E-state index contributed by atoms with van der Waals surface area (Å²) in [6, 6.07) is 7.66. The summed E-state index contributed by atoms with van der Waals surface area (Å²) in [6.07, 6.45) is 1.59. The molecule has 3 nitrogen and oxygen atoms in total. The standard InChI is InChI=1S/C10H11IN2O/c11-7-3-1-2-4-8(7)13-9(14)10(12)5-6-10/h1-4H,5-6,12H2,(H,13,14). The zero-order valence-electron chi connectivity index (χ0n) is 7.59. The van der Waals surface area contributed by atoms with Gasteiger partial charge in [0.15, 0.2) is 0 Å². The first-order chi connectivity index (χ1) is 6.62. The molecule has 1 fully saturated rings. The van der Waals surface area contributed by atoms with Gasteiger partial charge in [-0.25, -0.2) is 0 Å². The van der Waals surface area contributed by atoms with Gasteiger partial charge in [0.25, 0.3) is 0 Å². The van der Waals surface area contributed by atoms with Crippen LogP contribution in [0.3, 0.4) is 0 Å². The van der Waals surface area contributed by atoms with E-state index < -0.39 is 5.54 Å². The third-order valence-corrected chi connectivity index (χ3v) is 3.30. The summed E-state index contributed by atoms with van der Waals surface area (Å²) >= 11 is 2.19. The first kappa shape index (κ1) is 9.92. The normalized spacial score (nSPS) is 17.6. The van der Waals surface area contributed by atoms with Crippen LogP contribution in [0.5, 0.6) is 0 Å². The van der Waals surface area contributed by atoms with Gasteiger partial charge in [-0.05, 0) is 47.6 Å². The Bertz CT molecular complexity index is 374. The number of hydrogen-bond donors (Lipinski definition) is 2. The van der Waals surface area contributed by atoms with Crippen LogP contribution in [0.4, 0.5) is 5.69 Å². The van der Waals surface area contributed by atoms with Crippen LogP contribution < -0.4 is 11.1 Å². The molecule has 0 unspecified atom stereocenters. The molecular formula is C10H11IN2O. The van der Waals surface area contributed by atoms with E-state index in [0.29, 0.717) is 0 Å². The van der Waals surface area contributed by atoms with Gasteiger partial charge in [0.1, 0.15) is 0 Å². The lowest BCUT2D eigenvalue weighted by Gasteiger charge is -2.10. The summed E-state index contributed by atoms with van der Waals surface area (Å²) in [5.41, 5.74) is 6.02. The molecule has 2 rings (SSSR count). The molecule has 0 spiro atoms. The number of benzene rings is 1. The van der Waals surface area contributed by atoms with Gasteiger partial charge in [0.2, 0.25) is 5.91 Å². The number of hydrogen-bond acceptors (Lipinski definition) is 2. The molecule has 1 saturated carbocycles. The lowest BCUT2D eigenvalue weighted by atomic mass is 10.2. The highest BCUT2D eigenvalue weighted by atomic mass is 127. The van der Waals surface area contributed by atoms with Crippen molar-refractivity contribution in [2.24, 2.45) is 5.73 Å². The smallest absolute Gasteiger partial charge is 0.244 e. The van der Waals surface area contributed by atoms with Gasteiger partial charge in [-0.15, -0.1) is 0 Å². The van der Waals surface area contributed by atoms with E-state index in [1.165, 1.54) is 0 Å². The lowest BCUT2D eigenvalue weighted by Crippen LogP contribution is -2.37. The number of carbonyl (C=O) groups excluding carboxylic acids is 1. The third kappa shape index (κ3) is 1.90. The highest BCUT2D eigenvalue weighted by Gasteiger charge is 2.45. The molecule has 1 aromatic rings. The van der Waals surface area contributed by atoms with Gasteiger partial charge in [-0.1, -0.05) is 12.1 Å². The van der Waals surface area contributed by atoms with Crippen LogP contribution in [-0.2, 0) is 4.79 Å². The predicted octanol–water partition coefficient (Wildman–Crippen LogP) is 1.72. The van der Waals surface area contributed by atoms with Crippen molar-refractivity contribution in [1.82, 2.24) is 0 Å².